The lowest BCUT2D eigenvalue weighted by molar-refractivity contribution is -0.137. The van der Waals surface area contributed by atoms with Gasteiger partial charge in [0.15, 0.2) is 0 Å². The van der Waals surface area contributed by atoms with Crippen LogP contribution in [0.25, 0.3) is 0 Å². The summed E-state index contributed by atoms with van der Waals surface area (Å²) in [6.45, 7) is 1.72. The van der Waals surface area contributed by atoms with Gasteiger partial charge in [0.2, 0.25) is 0 Å². The Morgan fingerprint density at radius 1 is 1.00 bits per heavy atom. The Morgan fingerprint density at radius 3 is 2.29 bits per heavy atom. The molecule has 1 N–H and O–H groups in total. The van der Waals surface area contributed by atoms with E-state index in [1.165, 1.54) is 24.3 Å². The predicted octanol–water partition coefficient (Wildman–Crippen LogP) is 4.89. The summed E-state index contributed by atoms with van der Waals surface area (Å²) in [7, 11) is 0. The number of nitrogens with one attached hydrogen (secondary N) is 1. The minimum Gasteiger partial charge on any atom is -0.382 e. The molecule has 0 heterocycles. The zero-order valence-electron chi connectivity index (χ0n) is 11.4. The van der Waals surface area contributed by atoms with E-state index in [9.17, 15) is 17.6 Å². The second-order valence-corrected chi connectivity index (χ2v) is 4.88. The maximum atomic E-state index is 13.5. The van der Waals surface area contributed by atoms with Crippen molar-refractivity contribution in [3.8, 4) is 0 Å². The topological polar surface area (TPSA) is 12.0 Å². The highest BCUT2D eigenvalue weighted by molar-refractivity contribution is 5.53. The van der Waals surface area contributed by atoms with Crippen LogP contribution in [0.4, 0.5) is 23.2 Å². The van der Waals surface area contributed by atoms with Crippen LogP contribution in [0.5, 0.6) is 0 Å². The predicted molar refractivity (Wildman–Crippen MR) is 74.6 cm³/mol. The molecule has 2 aromatic rings. The van der Waals surface area contributed by atoms with Crippen molar-refractivity contribution in [2.24, 2.45) is 0 Å². The first-order valence-corrected chi connectivity index (χ1v) is 6.54. The van der Waals surface area contributed by atoms with Crippen molar-refractivity contribution in [1.82, 2.24) is 0 Å². The van der Waals surface area contributed by atoms with E-state index in [2.05, 4.69) is 5.32 Å². The van der Waals surface area contributed by atoms with Crippen LogP contribution in [-0.2, 0) is 12.6 Å². The lowest BCUT2D eigenvalue weighted by Gasteiger charge is -2.19. The van der Waals surface area contributed by atoms with Gasteiger partial charge in [-0.15, -0.1) is 0 Å². The number of anilines is 1. The van der Waals surface area contributed by atoms with Gasteiger partial charge in [-0.25, -0.2) is 4.39 Å². The molecule has 0 spiro atoms. The molecule has 0 aromatic heterocycles. The van der Waals surface area contributed by atoms with Gasteiger partial charge in [-0.1, -0.05) is 30.3 Å². The van der Waals surface area contributed by atoms with Crippen LogP contribution in [0.15, 0.2) is 48.5 Å². The Kier molecular flexibility index (Phi) is 4.50. The summed E-state index contributed by atoms with van der Waals surface area (Å²) < 4.78 is 52.2. The van der Waals surface area contributed by atoms with E-state index in [1.807, 2.05) is 0 Å². The molecular formula is C16H15F4N. The molecule has 21 heavy (non-hydrogen) atoms. The lowest BCUT2D eigenvalue weighted by Crippen LogP contribution is -2.21. The number of benzene rings is 2. The van der Waals surface area contributed by atoms with Gasteiger partial charge < -0.3 is 5.32 Å². The number of para-hydroxylation sites is 1. The second kappa shape index (κ2) is 6.16. The normalized spacial score (nSPS) is 13.0. The molecule has 0 radical (unpaired) electrons. The van der Waals surface area contributed by atoms with Crippen molar-refractivity contribution in [1.29, 1.82) is 0 Å². The van der Waals surface area contributed by atoms with E-state index in [0.717, 1.165) is 6.07 Å². The van der Waals surface area contributed by atoms with Crippen molar-refractivity contribution in [3.05, 3.63) is 65.5 Å². The van der Waals surface area contributed by atoms with Crippen molar-refractivity contribution >= 4 is 5.69 Å². The number of halogens is 4. The lowest BCUT2D eigenvalue weighted by atomic mass is 10.1. The molecule has 1 unspecified atom stereocenters. The molecule has 2 rings (SSSR count). The molecule has 0 saturated heterocycles. The van der Waals surface area contributed by atoms with E-state index in [0.29, 0.717) is 12.0 Å². The molecule has 0 amide bonds. The van der Waals surface area contributed by atoms with Crippen molar-refractivity contribution in [2.45, 2.75) is 25.6 Å². The number of alkyl halides is 3. The standard InChI is InChI=1S/C16H15F4N/c1-11(10-12-6-2-4-8-14(12)17)21-15-9-5-3-7-13(15)16(18,19)20/h2-9,11,21H,10H2,1H3. The highest BCUT2D eigenvalue weighted by Crippen LogP contribution is 2.34. The number of hydrogen-bond acceptors (Lipinski definition) is 1. The fraction of sp³-hybridized carbons (Fsp3) is 0.250. The molecule has 0 fully saturated rings. The molecule has 5 heteroatoms. The Morgan fingerprint density at radius 2 is 1.62 bits per heavy atom. The minimum absolute atomic E-state index is 0.00818. The quantitative estimate of drug-likeness (QED) is 0.792. The Labute approximate surface area is 120 Å². The Balaban J connectivity index is 2.14. The largest absolute Gasteiger partial charge is 0.418 e. The second-order valence-electron chi connectivity index (χ2n) is 4.88. The van der Waals surface area contributed by atoms with Gasteiger partial charge >= 0.3 is 6.18 Å². The van der Waals surface area contributed by atoms with Crippen molar-refractivity contribution in [2.75, 3.05) is 5.32 Å². The first kappa shape index (κ1) is 15.4. The third-order valence-electron chi connectivity index (χ3n) is 3.12. The summed E-state index contributed by atoms with van der Waals surface area (Å²) in [6, 6.07) is 11.2. The first-order valence-electron chi connectivity index (χ1n) is 6.54. The molecular weight excluding hydrogens is 282 g/mol. The van der Waals surface area contributed by atoms with Crippen LogP contribution in [-0.4, -0.2) is 6.04 Å². The van der Waals surface area contributed by atoms with Crippen LogP contribution < -0.4 is 5.32 Å². The van der Waals surface area contributed by atoms with E-state index in [-0.39, 0.29) is 17.5 Å². The summed E-state index contributed by atoms with van der Waals surface area (Å²) in [6.07, 6.45) is -4.11. The molecule has 0 aliphatic heterocycles. The monoisotopic (exact) mass is 297 g/mol. The fourth-order valence-corrected chi connectivity index (χ4v) is 2.17. The number of hydrogen-bond donors (Lipinski definition) is 1. The average Bonchev–Trinajstić information content (AvgIpc) is 2.41. The summed E-state index contributed by atoms with van der Waals surface area (Å²) >= 11 is 0. The van der Waals surface area contributed by atoms with Crippen LogP contribution in [0.3, 0.4) is 0 Å². The first-order chi connectivity index (χ1) is 9.88. The Bertz CT molecular complexity index is 607. The minimum atomic E-state index is -4.42. The Hall–Kier alpha value is -2.04. The van der Waals surface area contributed by atoms with E-state index < -0.39 is 11.7 Å². The maximum Gasteiger partial charge on any atom is 0.418 e. The van der Waals surface area contributed by atoms with E-state index >= 15 is 0 Å². The van der Waals surface area contributed by atoms with Gasteiger partial charge in [0.25, 0.3) is 0 Å². The zero-order valence-corrected chi connectivity index (χ0v) is 11.4. The van der Waals surface area contributed by atoms with Gasteiger partial charge in [-0.05, 0) is 37.1 Å². The molecule has 0 saturated carbocycles. The van der Waals surface area contributed by atoms with Gasteiger partial charge in [0.1, 0.15) is 5.82 Å². The van der Waals surface area contributed by atoms with Crippen LogP contribution in [0.2, 0.25) is 0 Å². The molecule has 1 atom stereocenters. The van der Waals surface area contributed by atoms with Crippen LogP contribution in [0, 0.1) is 5.82 Å². The molecule has 0 aliphatic carbocycles. The molecule has 1 nitrogen and oxygen atoms in total. The van der Waals surface area contributed by atoms with Crippen molar-refractivity contribution < 1.29 is 17.6 Å². The molecule has 0 bridgehead atoms. The van der Waals surface area contributed by atoms with E-state index in [1.54, 1.807) is 25.1 Å². The van der Waals surface area contributed by atoms with Crippen LogP contribution >= 0.6 is 0 Å². The number of rotatable bonds is 4. The SMILES string of the molecule is CC(Cc1ccccc1F)Nc1ccccc1C(F)(F)F. The highest BCUT2D eigenvalue weighted by atomic mass is 19.4. The molecule has 2 aromatic carbocycles. The van der Waals surface area contributed by atoms with Gasteiger partial charge in [0, 0.05) is 11.7 Å². The fourth-order valence-electron chi connectivity index (χ4n) is 2.17. The summed E-state index contributed by atoms with van der Waals surface area (Å²) in [5.41, 5.74) is -0.235. The van der Waals surface area contributed by atoms with Crippen molar-refractivity contribution in [3.63, 3.8) is 0 Å². The highest BCUT2D eigenvalue weighted by Gasteiger charge is 2.33. The zero-order chi connectivity index (χ0) is 15.5. The maximum absolute atomic E-state index is 13.5. The average molecular weight is 297 g/mol. The summed E-state index contributed by atoms with van der Waals surface area (Å²) in [5, 5.41) is 2.81. The smallest absolute Gasteiger partial charge is 0.382 e. The summed E-state index contributed by atoms with van der Waals surface area (Å²) in [5.74, 6) is -0.352. The van der Waals surface area contributed by atoms with Crippen LogP contribution in [0.1, 0.15) is 18.1 Å². The van der Waals surface area contributed by atoms with Gasteiger partial charge in [-0.2, -0.15) is 13.2 Å². The third-order valence-corrected chi connectivity index (χ3v) is 3.12. The summed E-state index contributed by atoms with van der Waals surface area (Å²) in [4.78, 5) is 0. The third kappa shape index (κ3) is 3.97. The molecule has 112 valence electrons. The van der Waals surface area contributed by atoms with E-state index in [4.69, 9.17) is 0 Å². The van der Waals surface area contributed by atoms with Gasteiger partial charge in [0.05, 0.1) is 5.56 Å². The van der Waals surface area contributed by atoms with Gasteiger partial charge in [-0.3, -0.25) is 0 Å². The molecule has 0 aliphatic rings.